The number of nitrogens with one attached hydrogen (secondary N) is 3. The summed E-state index contributed by atoms with van der Waals surface area (Å²) in [5.41, 5.74) is 0.0657. The van der Waals surface area contributed by atoms with E-state index < -0.39 is 23.7 Å². The van der Waals surface area contributed by atoms with E-state index in [1.165, 1.54) is 18.2 Å². The third kappa shape index (κ3) is 6.90. The first-order chi connectivity index (χ1) is 13.7. The molecule has 1 aromatic heterocycles. The Kier molecular flexibility index (Phi) is 6.96. The van der Waals surface area contributed by atoms with Crippen LogP contribution >= 0.6 is 0 Å². The third-order valence-electron chi connectivity index (χ3n) is 4.12. The summed E-state index contributed by atoms with van der Waals surface area (Å²) in [5, 5.41) is 5.28. The fourth-order valence-electron chi connectivity index (χ4n) is 2.51. The predicted octanol–water partition coefficient (Wildman–Crippen LogP) is 3.37. The predicted molar refractivity (Wildman–Crippen MR) is 106 cm³/mol. The van der Waals surface area contributed by atoms with Crippen molar-refractivity contribution in [3.8, 4) is 0 Å². The van der Waals surface area contributed by atoms with Crippen LogP contribution in [-0.2, 0) is 15.7 Å². The Hall–Kier alpha value is -2.82. The van der Waals surface area contributed by atoms with Gasteiger partial charge in [0.2, 0.25) is 11.7 Å². The van der Waals surface area contributed by atoms with Crippen molar-refractivity contribution in [2.24, 2.45) is 0 Å². The molecule has 30 heavy (non-hydrogen) atoms. The monoisotopic (exact) mass is 429 g/mol. The number of ether oxygens (including phenoxy) is 1. The lowest BCUT2D eigenvalue weighted by Gasteiger charge is -2.25. The highest BCUT2D eigenvalue weighted by molar-refractivity contribution is 5.94. The molecule has 166 valence electrons. The largest absolute Gasteiger partial charge is 0.449 e. The van der Waals surface area contributed by atoms with Gasteiger partial charge in [-0.15, -0.1) is 0 Å². The van der Waals surface area contributed by atoms with Crippen molar-refractivity contribution in [1.29, 1.82) is 0 Å². The minimum absolute atomic E-state index is 0.0198. The highest BCUT2D eigenvalue weighted by Crippen LogP contribution is 2.29. The van der Waals surface area contributed by atoms with Gasteiger partial charge in [-0.1, -0.05) is 0 Å². The Morgan fingerprint density at radius 2 is 1.93 bits per heavy atom. The maximum Gasteiger partial charge on any atom is 0.449 e. The maximum absolute atomic E-state index is 12.7. The average molecular weight is 429 g/mol. The molecule has 3 N–H and O–H groups in total. The van der Waals surface area contributed by atoms with E-state index in [-0.39, 0.29) is 36.1 Å². The van der Waals surface area contributed by atoms with Gasteiger partial charge in [0, 0.05) is 18.3 Å². The molecule has 0 aliphatic heterocycles. The number of H-pyrrole nitrogens is 1. The number of aromatic nitrogens is 2. The molecule has 2 amide bonds. The number of nitrogens with zero attached hydrogens (tertiary/aromatic N) is 2. The summed E-state index contributed by atoms with van der Waals surface area (Å²) in [5.74, 6) is -1.44. The standard InChI is InChI=1S/C19H26F3N5O3/c1-11(9-23-17(29)30-18(2,3)4)27(5)10-15(28)24-12-6-7-13-14(8-12)26-16(25-13)19(20,21)22/h6-8,11H,9-10H2,1-5H3,(H,23,29)(H,24,28)(H,25,26). The van der Waals surface area contributed by atoms with Crippen molar-refractivity contribution in [1.82, 2.24) is 20.2 Å². The van der Waals surface area contributed by atoms with Gasteiger partial charge in [-0.05, 0) is 52.9 Å². The summed E-state index contributed by atoms with van der Waals surface area (Å²) in [6, 6.07) is 4.11. The minimum atomic E-state index is -4.57. The first-order valence-corrected chi connectivity index (χ1v) is 9.28. The number of amides is 2. The topological polar surface area (TPSA) is 99.3 Å². The first-order valence-electron chi connectivity index (χ1n) is 9.28. The molecule has 0 fully saturated rings. The lowest BCUT2D eigenvalue weighted by molar-refractivity contribution is -0.144. The normalized spacial score (nSPS) is 13.4. The molecule has 8 nitrogen and oxygen atoms in total. The van der Waals surface area contributed by atoms with Gasteiger partial charge in [-0.25, -0.2) is 9.78 Å². The van der Waals surface area contributed by atoms with E-state index in [2.05, 4.69) is 20.6 Å². The third-order valence-corrected chi connectivity index (χ3v) is 4.12. The lowest BCUT2D eigenvalue weighted by atomic mass is 10.2. The highest BCUT2D eigenvalue weighted by Gasteiger charge is 2.34. The van der Waals surface area contributed by atoms with Gasteiger partial charge in [0.15, 0.2) is 0 Å². The molecule has 0 bridgehead atoms. The zero-order valence-corrected chi connectivity index (χ0v) is 17.5. The number of carbonyl (C=O) groups is 2. The van der Waals surface area contributed by atoms with Crippen molar-refractivity contribution < 1.29 is 27.5 Å². The summed E-state index contributed by atoms with van der Waals surface area (Å²) in [6.45, 7) is 7.41. The fourth-order valence-corrected chi connectivity index (χ4v) is 2.51. The SMILES string of the molecule is CC(CNC(=O)OC(C)(C)C)N(C)CC(=O)Nc1ccc2nc(C(F)(F)F)[nH]c2c1. The number of hydrogen-bond acceptors (Lipinski definition) is 5. The number of imidazole rings is 1. The molecular weight excluding hydrogens is 403 g/mol. The zero-order chi connectivity index (χ0) is 22.7. The molecule has 0 aliphatic carbocycles. The van der Waals surface area contributed by atoms with Crippen LogP contribution in [0.1, 0.15) is 33.5 Å². The lowest BCUT2D eigenvalue weighted by Crippen LogP contribution is -2.44. The van der Waals surface area contributed by atoms with E-state index in [9.17, 15) is 22.8 Å². The summed E-state index contributed by atoms with van der Waals surface area (Å²) in [7, 11) is 1.72. The van der Waals surface area contributed by atoms with E-state index in [1.807, 2.05) is 6.92 Å². The van der Waals surface area contributed by atoms with Crippen LogP contribution in [0, 0.1) is 0 Å². The molecule has 0 saturated heterocycles. The Morgan fingerprint density at radius 3 is 2.53 bits per heavy atom. The number of rotatable bonds is 6. The number of likely N-dealkylation sites (N-methyl/N-ethyl adjacent to an activating group) is 1. The molecule has 1 aromatic carbocycles. The summed E-state index contributed by atoms with van der Waals surface area (Å²) in [4.78, 5) is 31.4. The van der Waals surface area contributed by atoms with E-state index in [0.717, 1.165) is 0 Å². The van der Waals surface area contributed by atoms with Crippen LogP contribution in [0.3, 0.4) is 0 Å². The number of anilines is 1. The van der Waals surface area contributed by atoms with Crippen LogP contribution in [0.5, 0.6) is 0 Å². The second-order valence-corrected chi connectivity index (χ2v) is 8.01. The van der Waals surface area contributed by atoms with E-state index in [1.54, 1.807) is 32.7 Å². The second-order valence-electron chi connectivity index (χ2n) is 8.01. The molecule has 2 aromatic rings. The summed E-state index contributed by atoms with van der Waals surface area (Å²) in [6.07, 6.45) is -5.12. The van der Waals surface area contributed by atoms with E-state index in [4.69, 9.17) is 4.74 Å². The Morgan fingerprint density at radius 1 is 1.27 bits per heavy atom. The first kappa shape index (κ1) is 23.5. The van der Waals surface area contributed by atoms with Crippen LogP contribution < -0.4 is 10.6 Å². The fraction of sp³-hybridized carbons (Fsp3) is 0.526. The molecule has 11 heteroatoms. The number of alkyl halides is 3. The molecule has 0 aliphatic rings. The van der Waals surface area contributed by atoms with Gasteiger partial charge in [-0.2, -0.15) is 13.2 Å². The molecule has 2 rings (SSSR count). The molecule has 0 spiro atoms. The van der Waals surface area contributed by atoms with Crippen molar-refractivity contribution in [3.63, 3.8) is 0 Å². The Labute approximate surface area is 172 Å². The average Bonchev–Trinajstić information content (AvgIpc) is 3.01. The minimum Gasteiger partial charge on any atom is -0.444 e. The van der Waals surface area contributed by atoms with Gasteiger partial charge < -0.3 is 20.4 Å². The van der Waals surface area contributed by atoms with Crippen LogP contribution in [0.15, 0.2) is 18.2 Å². The van der Waals surface area contributed by atoms with Crippen LogP contribution in [-0.4, -0.2) is 58.6 Å². The second kappa shape index (κ2) is 8.90. The van der Waals surface area contributed by atoms with Crippen molar-refractivity contribution in [2.75, 3.05) is 25.5 Å². The summed E-state index contributed by atoms with van der Waals surface area (Å²) >= 11 is 0. The Bertz CT molecular complexity index is 905. The highest BCUT2D eigenvalue weighted by atomic mass is 19.4. The van der Waals surface area contributed by atoms with Gasteiger partial charge in [0.25, 0.3) is 0 Å². The van der Waals surface area contributed by atoms with Crippen molar-refractivity contribution in [2.45, 2.75) is 45.5 Å². The molecule has 0 radical (unpaired) electrons. The smallest absolute Gasteiger partial charge is 0.444 e. The van der Waals surface area contributed by atoms with Gasteiger partial charge in [0.05, 0.1) is 17.6 Å². The number of carbonyl (C=O) groups excluding carboxylic acids is 2. The number of fused-ring (bicyclic) bond motifs is 1. The zero-order valence-electron chi connectivity index (χ0n) is 17.5. The quantitative estimate of drug-likeness (QED) is 0.654. The van der Waals surface area contributed by atoms with Crippen molar-refractivity contribution >= 4 is 28.7 Å². The number of hydrogen-bond donors (Lipinski definition) is 3. The maximum atomic E-state index is 12.7. The summed E-state index contributed by atoms with van der Waals surface area (Å²) < 4.78 is 43.4. The molecular formula is C19H26F3N5O3. The molecule has 1 heterocycles. The molecule has 1 atom stereocenters. The van der Waals surface area contributed by atoms with Crippen LogP contribution in [0.2, 0.25) is 0 Å². The van der Waals surface area contributed by atoms with Gasteiger partial charge in [-0.3, -0.25) is 9.69 Å². The van der Waals surface area contributed by atoms with Gasteiger partial charge in [0.1, 0.15) is 5.60 Å². The number of halogens is 3. The number of benzene rings is 1. The molecule has 0 saturated carbocycles. The van der Waals surface area contributed by atoms with Crippen LogP contribution in [0.25, 0.3) is 11.0 Å². The van der Waals surface area contributed by atoms with Gasteiger partial charge >= 0.3 is 12.3 Å². The van der Waals surface area contributed by atoms with Crippen LogP contribution in [0.4, 0.5) is 23.7 Å². The number of aromatic amines is 1. The molecule has 1 unspecified atom stereocenters. The Balaban J connectivity index is 1.89. The van der Waals surface area contributed by atoms with Crippen molar-refractivity contribution in [3.05, 3.63) is 24.0 Å². The van der Waals surface area contributed by atoms with E-state index in [0.29, 0.717) is 5.69 Å². The van der Waals surface area contributed by atoms with E-state index >= 15 is 0 Å². The number of alkyl carbamates (subject to hydrolysis) is 1.